The number of phosphoric ester groups is 1. The van der Waals surface area contributed by atoms with Crippen molar-refractivity contribution >= 4 is 13.7 Å². The van der Waals surface area contributed by atoms with Gasteiger partial charge in [-0.2, -0.15) is 0 Å². The minimum Gasteiger partial charge on any atom is -0.756 e. The number of likely N-dealkylation sites (N-methyl/N-ethyl adjacent to an activating group) is 1. The summed E-state index contributed by atoms with van der Waals surface area (Å²) in [5, 5.41) is 24.5. The Hall–Kier alpha value is -0.540. The Kier molecular flexibility index (Phi) is 29.8. The highest BCUT2D eigenvalue weighted by atomic mass is 31.2. The summed E-state index contributed by atoms with van der Waals surface area (Å²) in [6.45, 7) is 6.71. The van der Waals surface area contributed by atoms with Crippen molar-refractivity contribution in [3.63, 3.8) is 0 Å². The van der Waals surface area contributed by atoms with E-state index in [-0.39, 0.29) is 18.9 Å². The molecule has 3 N–H and O–H groups in total. The van der Waals surface area contributed by atoms with Crippen molar-refractivity contribution in [1.29, 1.82) is 0 Å². The molecule has 48 heavy (non-hydrogen) atoms. The van der Waals surface area contributed by atoms with Crippen LogP contribution in [0.4, 0.5) is 0 Å². The maximum atomic E-state index is 12.8. The summed E-state index contributed by atoms with van der Waals surface area (Å²) in [7, 11) is 1.13. The minimum atomic E-state index is -4.65. The van der Waals surface area contributed by atoms with E-state index in [1.165, 1.54) is 103 Å². The molecule has 288 valence electrons. The molecule has 0 aromatic rings. The Bertz CT molecular complexity index is 793. The molecule has 10 heteroatoms. The summed E-state index contributed by atoms with van der Waals surface area (Å²) in [6.07, 6.45) is 24.3. The van der Waals surface area contributed by atoms with Crippen LogP contribution in [-0.2, 0) is 18.4 Å². The summed E-state index contributed by atoms with van der Waals surface area (Å²) in [5.41, 5.74) is 0. The highest BCUT2D eigenvalue weighted by molar-refractivity contribution is 7.45. The molecular formula is C38H79N2O7P. The number of unbranched alkanes of at least 4 members (excludes halogenated alkanes) is 19. The highest BCUT2D eigenvalue weighted by Crippen LogP contribution is 2.38. The molecule has 0 saturated heterocycles. The van der Waals surface area contributed by atoms with Crippen LogP contribution in [-0.4, -0.2) is 79.8 Å². The van der Waals surface area contributed by atoms with Gasteiger partial charge in [-0.05, 0) is 18.8 Å². The number of nitrogens with zero attached hydrogens (tertiary/aromatic N) is 1. The molecule has 0 heterocycles. The molecule has 0 aliphatic carbocycles. The molecule has 0 aliphatic rings. The summed E-state index contributed by atoms with van der Waals surface area (Å²) in [5.74, 6) is 0.490. The first-order chi connectivity index (χ1) is 22.8. The molecule has 0 aromatic heterocycles. The quantitative estimate of drug-likeness (QED) is 0.0343. The van der Waals surface area contributed by atoms with Gasteiger partial charge in [0.1, 0.15) is 19.3 Å². The third-order valence-electron chi connectivity index (χ3n) is 9.12. The van der Waals surface area contributed by atoms with Crippen LogP contribution >= 0.6 is 7.82 Å². The predicted molar refractivity (Wildman–Crippen MR) is 198 cm³/mol. The van der Waals surface area contributed by atoms with Crippen LogP contribution in [0.15, 0.2) is 0 Å². The fraction of sp³-hybridized carbons (Fsp3) is 0.974. The largest absolute Gasteiger partial charge is 0.756 e. The Morgan fingerprint density at radius 2 is 1.15 bits per heavy atom. The number of phosphoric acid groups is 1. The van der Waals surface area contributed by atoms with Crippen LogP contribution in [0.3, 0.4) is 0 Å². The third kappa shape index (κ3) is 31.4. The monoisotopic (exact) mass is 707 g/mol. The molecule has 0 rings (SSSR count). The van der Waals surface area contributed by atoms with E-state index in [2.05, 4.69) is 26.1 Å². The van der Waals surface area contributed by atoms with Gasteiger partial charge in [0.25, 0.3) is 7.82 Å². The Balaban J connectivity index is 4.59. The first-order valence-corrected chi connectivity index (χ1v) is 21.3. The van der Waals surface area contributed by atoms with Crippen molar-refractivity contribution in [3.05, 3.63) is 0 Å². The molecule has 0 spiro atoms. The third-order valence-corrected chi connectivity index (χ3v) is 10.1. The lowest BCUT2D eigenvalue weighted by Crippen LogP contribution is -2.51. The molecule has 1 unspecified atom stereocenters. The smallest absolute Gasteiger partial charge is 0.268 e. The SMILES string of the molecule is CCCCCCCCCCCCCCCC(=O)N[C@@H](COP(=O)([O-])OCC[N+](C)(C)C)[C@H](O)[C@H](O)CCCCCCCCCCC(C)C. The minimum absolute atomic E-state index is 0.0382. The first kappa shape index (κ1) is 47.5. The summed E-state index contributed by atoms with van der Waals surface area (Å²) in [6, 6.07) is -1.07. The first-order valence-electron chi connectivity index (χ1n) is 19.8. The number of nitrogens with one attached hydrogen (secondary N) is 1. The van der Waals surface area contributed by atoms with Gasteiger partial charge in [0.2, 0.25) is 5.91 Å². The number of hydrogen-bond acceptors (Lipinski definition) is 7. The maximum Gasteiger partial charge on any atom is 0.268 e. The van der Waals surface area contributed by atoms with Crippen LogP contribution in [0.25, 0.3) is 0 Å². The number of quaternary nitrogens is 1. The van der Waals surface area contributed by atoms with Gasteiger partial charge in [0.05, 0.1) is 39.9 Å². The zero-order chi connectivity index (χ0) is 36.1. The van der Waals surface area contributed by atoms with E-state index in [1.807, 2.05) is 21.1 Å². The summed E-state index contributed by atoms with van der Waals surface area (Å²) >= 11 is 0. The predicted octanol–water partition coefficient (Wildman–Crippen LogP) is 8.44. The van der Waals surface area contributed by atoms with Crippen LogP contribution in [0.2, 0.25) is 0 Å². The molecule has 0 aromatic carbocycles. The second-order valence-electron chi connectivity index (χ2n) is 15.6. The standard InChI is InChI=1S/C38H79N2O7P/c1-7-8-9-10-11-12-13-14-15-16-21-24-27-30-37(42)39-35(33-47-48(44,45)46-32-31-40(4,5)6)38(43)36(41)29-26-23-20-18-17-19-22-25-28-34(2)3/h34-36,38,41,43H,7-33H2,1-6H3,(H-,39,42,44,45)/t35-,36+,38-/m0/s1. The van der Waals surface area contributed by atoms with E-state index in [9.17, 15) is 24.5 Å². The lowest BCUT2D eigenvalue weighted by atomic mass is 9.99. The Labute approximate surface area is 296 Å². The lowest BCUT2D eigenvalue weighted by molar-refractivity contribution is -0.870. The number of rotatable bonds is 35. The van der Waals surface area contributed by atoms with Crippen molar-refractivity contribution in [2.75, 3.05) is 40.9 Å². The highest BCUT2D eigenvalue weighted by Gasteiger charge is 2.29. The van der Waals surface area contributed by atoms with Gasteiger partial charge in [0, 0.05) is 6.42 Å². The van der Waals surface area contributed by atoms with Crippen molar-refractivity contribution in [1.82, 2.24) is 5.32 Å². The topological polar surface area (TPSA) is 128 Å². The number of amides is 1. The van der Waals surface area contributed by atoms with Gasteiger partial charge < -0.3 is 34.0 Å². The van der Waals surface area contributed by atoms with Crippen molar-refractivity contribution in [2.45, 2.75) is 193 Å². The maximum absolute atomic E-state index is 12.8. The number of carbonyl (C=O) groups is 1. The fourth-order valence-electron chi connectivity index (χ4n) is 5.85. The molecule has 0 fully saturated rings. The molecule has 1 amide bonds. The summed E-state index contributed by atoms with van der Waals surface area (Å²) in [4.78, 5) is 25.2. The zero-order valence-electron chi connectivity index (χ0n) is 32.2. The summed E-state index contributed by atoms with van der Waals surface area (Å²) < 4.78 is 23.0. The normalized spacial score (nSPS) is 15.4. The molecule has 0 radical (unpaired) electrons. The van der Waals surface area contributed by atoms with Crippen LogP contribution in [0.5, 0.6) is 0 Å². The lowest BCUT2D eigenvalue weighted by Gasteiger charge is -2.31. The molecule has 4 atom stereocenters. The average Bonchev–Trinajstić information content (AvgIpc) is 3.01. The van der Waals surface area contributed by atoms with E-state index in [0.717, 1.165) is 44.4 Å². The number of aliphatic hydroxyl groups excluding tert-OH is 2. The van der Waals surface area contributed by atoms with Crippen LogP contribution in [0, 0.1) is 5.92 Å². The van der Waals surface area contributed by atoms with E-state index < -0.39 is 32.7 Å². The van der Waals surface area contributed by atoms with Crippen LogP contribution in [0.1, 0.15) is 175 Å². The second kappa shape index (κ2) is 30.1. The number of carbonyl (C=O) groups excluding carboxylic acids is 1. The molecule has 9 nitrogen and oxygen atoms in total. The van der Waals surface area contributed by atoms with E-state index in [4.69, 9.17) is 9.05 Å². The van der Waals surface area contributed by atoms with Crippen molar-refractivity contribution in [2.24, 2.45) is 5.92 Å². The average molecular weight is 707 g/mol. The number of aliphatic hydroxyl groups is 2. The van der Waals surface area contributed by atoms with E-state index in [0.29, 0.717) is 17.4 Å². The van der Waals surface area contributed by atoms with Crippen molar-refractivity contribution in [3.8, 4) is 0 Å². The van der Waals surface area contributed by atoms with Gasteiger partial charge in [0.15, 0.2) is 0 Å². The Morgan fingerprint density at radius 3 is 1.60 bits per heavy atom. The van der Waals surface area contributed by atoms with Gasteiger partial charge in [-0.25, -0.2) is 0 Å². The van der Waals surface area contributed by atoms with E-state index >= 15 is 0 Å². The Morgan fingerprint density at radius 1 is 0.708 bits per heavy atom. The van der Waals surface area contributed by atoms with Crippen molar-refractivity contribution < 1.29 is 38.0 Å². The zero-order valence-corrected chi connectivity index (χ0v) is 33.1. The molecule has 0 bridgehead atoms. The molecular weight excluding hydrogens is 627 g/mol. The molecule has 0 saturated carbocycles. The van der Waals surface area contributed by atoms with Crippen LogP contribution < -0.4 is 10.2 Å². The molecule has 0 aliphatic heterocycles. The number of hydrogen-bond donors (Lipinski definition) is 3. The van der Waals surface area contributed by atoms with Gasteiger partial charge >= 0.3 is 0 Å². The van der Waals surface area contributed by atoms with Gasteiger partial charge in [-0.15, -0.1) is 0 Å². The van der Waals surface area contributed by atoms with Gasteiger partial charge in [-0.1, -0.05) is 156 Å². The second-order valence-corrected chi connectivity index (χ2v) is 17.0. The van der Waals surface area contributed by atoms with Gasteiger partial charge in [-0.3, -0.25) is 9.36 Å². The fourth-order valence-corrected chi connectivity index (χ4v) is 6.57. The van der Waals surface area contributed by atoms with E-state index in [1.54, 1.807) is 0 Å².